The van der Waals surface area contributed by atoms with E-state index in [-0.39, 0.29) is 0 Å². The molecule has 12 aromatic rings. The van der Waals surface area contributed by atoms with Gasteiger partial charge >= 0.3 is 0 Å². The van der Waals surface area contributed by atoms with Crippen molar-refractivity contribution < 1.29 is 8.83 Å². The van der Waals surface area contributed by atoms with Gasteiger partial charge in [0.2, 0.25) is 0 Å². The van der Waals surface area contributed by atoms with E-state index < -0.39 is 0 Å². The number of aromatic nitrogens is 3. The van der Waals surface area contributed by atoms with Crippen LogP contribution in [0.3, 0.4) is 0 Å². The zero-order valence-electron chi connectivity index (χ0n) is 31.1. The highest BCUT2D eigenvalue weighted by molar-refractivity contribution is 6.15. The van der Waals surface area contributed by atoms with Crippen LogP contribution in [-0.2, 0) is 0 Å². The highest BCUT2D eigenvalue weighted by atomic mass is 16.3. The van der Waals surface area contributed by atoms with Gasteiger partial charge in [-0.05, 0) is 86.3 Å². The van der Waals surface area contributed by atoms with Gasteiger partial charge in [0, 0.05) is 38.2 Å². The summed E-state index contributed by atoms with van der Waals surface area (Å²) in [5, 5.41) is 8.92. The number of nitrogens with zero attached hydrogens (tertiary/aromatic N) is 3. The molecule has 0 aliphatic carbocycles. The molecule has 0 saturated carbocycles. The summed E-state index contributed by atoms with van der Waals surface area (Å²) >= 11 is 0. The van der Waals surface area contributed by atoms with Crippen molar-refractivity contribution in [2.75, 3.05) is 0 Å². The normalized spacial score (nSPS) is 11.8. The van der Waals surface area contributed by atoms with Crippen LogP contribution < -0.4 is 0 Å². The second-order valence-corrected chi connectivity index (χ2v) is 14.7. The van der Waals surface area contributed by atoms with E-state index in [0.29, 0.717) is 17.5 Å². The van der Waals surface area contributed by atoms with Crippen molar-refractivity contribution in [3.05, 3.63) is 188 Å². The van der Waals surface area contributed by atoms with Gasteiger partial charge in [0.1, 0.15) is 22.3 Å². The lowest BCUT2D eigenvalue weighted by Crippen LogP contribution is -2.01. The van der Waals surface area contributed by atoms with Gasteiger partial charge in [-0.2, -0.15) is 0 Å². The first-order valence-electron chi connectivity index (χ1n) is 19.4. The quantitative estimate of drug-likeness (QED) is 0.164. The highest BCUT2D eigenvalue weighted by Crippen LogP contribution is 2.40. The number of hydrogen-bond acceptors (Lipinski definition) is 5. The highest BCUT2D eigenvalue weighted by Gasteiger charge is 2.19. The minimum absolute atomic E-state index is 0.594. The molecule has 3 aromatic heterocycles. The molecule has 0 aliphatic rings. The van der Waals surface area contributed by atoms with Crippen LogP contribution in [0.2, 0.25) is 0 Å². The molecule has 0 aliphatic heterocycles. The maximum atomic E-state index is 6.27. The van der Waals surface area contributed by atoms with E-state index in [9.17, 15) is 0 Å². The van der Waals surface area contributed by atoms with Crippen molar-refractivity contribution >= 4 is 65.4 Å². The van der Waals surface area contributed by atoms with E-state index >= 15 is 0 Å². The second-order valence-electron chi connectivity index (χ2n) is 14.7. The van der Waals surface area contributed by atoms with Gasteiger partial charge in [-0.25, -0.2) is 15.0 Å². The van der Waals surface area contributed by atoms with Gasteiger partial charge in [-0.3, -0.25) is 0 Å². The van der Waals surface area contributed by atoms with Crippen LogP contribution in [-0.4, -0.2) is 15.0 Å². The maximum absolute atomic E-state index is 6.27. The SMILES string of the molecule is c1cc(-c2nc(-c3cccc(-c4cccc5oc6ccccc6c45)c3)nc(-c3cc4ccccc4c4ccccc34)n2)cc(-c2cccc3oc4ccccc4c23)c1. The fourth-order valence-electron chi connectivity index (χ4n) is 8.68. The summed E-state index contributed by atoms with van der Waals surface area (Å²) in [5.41, 5.74) is 10.5. The van der Waals surface area contributed by atoms with Crippen molar-refractivity contribution in [1.82, 2.24) is 15.0 Å². The molecule has 9 aromatic carbocycles. The first-order chi connectivity index (χ1) is 28.7. The topological polar surface area (TPSA) is 65.0 Å². The summed E-state index contributed by atoms with van der Waals surface area (Å²) in [6, 6.07) is 65.1. The Bertz CT molecular complexity index is 3420. The minimum Gasteiger partial charge on any atom is -0.456 e. The Kier molecular flexibility index (Phi) is 7.16. The Hall–Kier alpha value is -7.89. The zero-order chi connectivity index (χ0) is 38.2. The average Bonchev–Trinajstić information content (AvgIpc) is 3.88. The summed E-state index contributed by atoms with van der Waals surface area (Å²) in [6.07, 6.45) is 0. The molecule has 3 heterocycles. The third-order valence-corrected chi connectivity index (χ3v) is 11.3. The lowest BCUT2D eigenvalue weighted by atomic mass is 9.96. The molecule has 0 radical (unpaired) electrons. The van der Waals surface area contributed by atoms with Crippen LogP contribution in [0.5, 0.6) is 0 Å². The molecule has 12 rings (SSSR count). The Morgan fingerprint density at radius 1 is 0.276 bits per heavy atom. The van der Waals surface area contributed by atoms with Gasteiger partial charge in [-0.1, -0.05) is 146 Å². The van der Waals surface area contributed by atoms with Crippen LogP contribution in [0.15, 0.2) is 197 Å². The van der Waals surface area contributed by atoms with E-state index in [1.54, 1.807) is 0 Å². The molecular formula is C53H31N3O2. The molecule has 0 fully saturated rings. The predicted molar refractivity (Wildman–Crippen MR) is 237 cm³/mol. The molecule has 5 heteroatoms. The van der Waals surface area contributed by atoms with Gasteiger partial charge in [0.25, 0.3) is 0 Å². The van der Waals surface area contributed by atoms with Crippen LogP contribution >= 0.6 is 0 Å². The van der Waals surface area contributed by atoms with Gasteiger partial charge in [0.05, 0.1) is 0 Å². The standard InChI is InChI=1S/C53H31N3O2/c1-2-18-37-34(13-1)31-44(41-20-4-3-19-40(37)41)53-55-51(35-16-9-14-32(29-35)38-23-11-27-47-49(38)42-21-5-7-25-45(42)57-47)54-52(56-53)36-17-10-15-33(30-36)39-24-12-28-48-50(39)43-22-6-8-26-46(43)58-48/h1-31H. The first kappa shape index (κ1) is 32.4. The van der Waals surface area contributed by atoms with E-state index in [1.165, 1.54) is 5.39 Å². The maximum Gasteiger partial charge on any atom is 0.164 e. The van der Waals surface area contributed by atoms with Crippen molar-refractivity contribution in [2.24, 2.45) is 0 Å². The summed E-state index contributed by atoms with van der Waals surface area (Å²) < 4.78 is 12.5. The summed E-state index contributed by atoms with van der Waals surface area (Å²) in [7, 11) is 0. The summed E-state index contributed by atoms with van der Waals surface area (Å²) in [5.74, 6) is 1.80. The Labute approximate surface area is 332 Å². The molecule has 0 atom stereocenters. The molecule has 0 saturated heterocycles. The Morgan fingerprint density at radius 2 is 0.707 bits per heavy atom. The molecule has 0 amide bonds. The molecule has 0 N–H and O–H groups in total. The number of para-hydroxylation sites is 2. The fourth-order valence-corrected chi connectivity index (χ4v) is 8.68. The smallest absolute Gasteiger partial charge is 0.164 e. The van der Waals surface area contributed by atoms with Crippen LogP contribution in [0.4, 0.5) is 0 Å². The van der Waals surface area contributed by atoms with E-state index in [0.717, 1.165) is 99.0 Å². The zero-order valence-corrected chi connectivity index (χ0v) is 31.1. The lowest BCUT2D eigenvalue weighted by Gasteiger charge is -2.13. The first-order valence-corrected chi connectivity index (χ1v) is 19.4. The summed E-state index contributed by atoms with van der Waals surface area (Å²) in [6.45, 7) is 0. The van der Waals surface area contributed by atoms with E-state index in [4.69, 9.17) is 23.8 Å². The van der Waals surface area contributed by atoms with Gasteiger partial charge in [0.15, 0.2) is 17.5 Å². The molecule has 0 spiro atoms. The van der Waals surface area contributed by atoms with Crippen molar-refractivity contribution in [3.63, 3.8) is 0 Å². The molecule has 5 nitrogen and oxygen atoms in total. The third kappa shape index (κ3) is 5.14. The fraction of sp³-hybridized carbons (Fsp3) is 0. The van der Waals surface area contributed by atoms with Crippen molar-refractivity contribution in [2.45, 2.75) is 0 Å². The predicted octanol–water partition coefficient (Wildman–Crippen LogP) is 14.3. The molecular weight excluding hydrogens is 711 g/mol. The molecule has 0 bridgehead atoms. The number of furan rings is 2. The van der Waals surface area contributed by atoms with Gasteiger partial charge in [-0.15, -0.1) is 0 Å². The second kappa shape index (κ2) is 12.8. The number of fused-ring (bicyclic) bond motifs is 9. The van der Waals surface area contributed by atoms with Crippen molar-refractivity contribution in [1.29, 1.82) is 0 Å². The Balaban J connectivity index is 1.08. The lowest BCUT2D eigenvalue weighted by molar-refractivity contribution is 0.668. The minimum atomic E-state index is 0.594. The number of rotatable bonds is 5. The molecule has 58 heavy (non-hydrogen) atoms. The largest absolute Gasteiger partial charge is 0.456 e. The molecule has 0 unspecified atom stereocenters. The van der Waals surface area contributed by atoms with E-state index in [2.05, 4.69) is 152 Å². The monoisotopic (exact) mass is 741 g/mol. The van der Waals surface area contributed by atoms with Crippen LogP contribution in [0, 0.1) is 0 Å². The van der Waals surface area contributed by atoms with Crippen molar-refractivity contribution in [3.8, 4) is 56.4 Å². The third-order valence-electron chi connectivity index (χ3n) is 11.3. The van der Waals surface area contributed by atoms with Crippen LogP contribution in [0.25, 0.3) is 122 Å². The number of hydrogen-bond donors (Lipinski definition) is 0. The molecule has 270 valence electrons. The Morgan fingerprint density at radius 3 is 1.29 bits per heavy atom. The average molecular weight is 742 g/mol. The number of benzene rings is 9. The summed E-state index contributed by atoms with van der Waals surface area (Å²) in [4.78, 5) is 15.8. The van der Waals surface area contributed by atoms with Gasteiger partial charge < -0.3 is 8.83 Å². The van der Waals surface area contributed by atoms with Crippen LogP contribution in [0.1, 0.15) is 0 Å². The van der Waals surface area contributed by atoms with E-state index in [1.807, 2.05) is 36.4 Å².